The number of carbonyl (C=O) groups excluding carboxylic acids is 1. The van der Waals surface area contributed by atoms with Gasteiger partial charge in [-0.2, -0.15) is 10.4 Å². The van der Waals surface area contributed by atoms with E-state index in [9.17, 15) is 4.79 Å². The predicted molar refractivity (Wildman–Crippen MR) is 117 cm³/mol. The molecular weight excluding hydrogens is 374 g/mol. The van der Waals surface area contributed by atoms with Gasteiger partial charge < -0.3 is 4.74 Å². The number of nitrogens with zero attached hydrogens (tertiary/aromatic N) is 3. The fourth-order valence-corrected chi connectivity index (χ4v) is 3.48. The van der Waals surface area contributed by atoms with E-state index < -0.39 is 0 Å². The van der Waals surface area contributed by atoms with Crippen LogP contribution in [0.5, 0.6) is 5.75 Å². The zero-order chi connectivity index (χ0) is 21.7. The molecule has 0 amide bonds. The maximum absolute atomic E-state index is 12.3. The SMILES string of the molecule is Cc1nn(CC(C)C)c(C)c1CCC(=O)Oc1ccc(-c2ccc(C#N)cc2)cc1. The Labute approximate surface area is 177 Å². The van der Waals surface area contributed by atoms with E-state index in [2.05, 4.69) is 31.9 Å². The van der Waals surface area contributed by atoms with Crippen LogP contribution in [0.4, 0.5) is 0 Å². The zero-order valence-electron chi connectivity index (χ0n) is 18.0. The van der Waals surface area contributed by atoms with E-state index >= 15 is 0 Å². The molecule has 0 aliphatic carbocycles. The second kappa shape index (κ2) is 9.41. The third-order valence-corrected chi connectivity index (χ3v) is 5.08. The second-order valence-corrected chi connectivity index (χ2v) is 7.91. The van der Waals surface area contributed by atoms with Gasteiger partial charge in [-0.3, -0.25) is 9.48 Å². The normalized spacial score (nSPS) is 10.8. The van der Waals surface area contributed by atoms with E-state index in [0.717, 1.165) is 34.6 Å². The highest BCUT2D eigenvalue weighted by molar-refractivity contribution is 5.73. The Morgan fingerprint density at radius 3 is 2.23 bits per heavy atom. The summed E-state index contributed by atoms with van der Waals surface area (Å²) in [5.74, 6) is 0.797. The number of hydrogen-bond acceptors (Lipinski definition) is 4. The lowest BCUT2D eigenvalue weighted by Gasteiger charge is -2.08. The van der Waals surface area contributed by atoms with E-state index in [1.54, 1.807) is 24.3 Å². The van der Waals surface area contributed by atoms with Gasteiger partial charge in [-0.25, -0.2) is 0 Å². The van der Waals surface area contributed by atoms with Gasteiger partial charge in [-0.15, -0.1) is 0 Å². The number of aromatic nitrogens is 2. The van der Waals surface area contributed by atoms with Gasteiger partial charge in [-0.1, -0.05) is 38.1 Å². The van der Waals surface area contributed by atoms with Crippen LogP contribution in [0.15, 0.2) is 48.5 Å². The molecule has 5 nitrogen and oxygen atoms in total. The van der Waals surface area contributed by atoms with Crippen molar-refractivity contribution in [3.8, 4) is 22.9 Å². The van der Waals surface area contributed by atoms with E-state index in [1.165, 1.54) is 0 Å². The Morgan fingerprint density at radius 2 is 1.67 bits per heavy atom. The summed E-state index contributed by atoms with van der Waals surface area (Å²) in [6.07, 6.45) is 0.935. The molecule has 0 saturated heterocycles. The van der Waals surface area contributed by atoms with Gasteiger partial charge in [-0.05, 0) is 67.1 Å². The third-order valence-electron chi connectivity index (χ3n) is 5.08. The lowest BCUT2D eigenvalue weighted by molar-refractivity contribution is -0.134. The lowest BCUT2D eigenvalue weighted by Crippen LogP contribution is -2.10. The minimum absolute atomic E-state index is 0.253. The molecular formula is C25H27N3O2. The van der Waals surface area contributed by atoms with E-state index in [0.29, 0.717) is 30.1 Å². The largest absolute Gasteiger partial charge is 0.427 e. The number of hydrogen-bond donors (Lipinski definition) is 0. The van der Waals surface area contributed by atoms with Crippen LogP contribution in [0, 0.1) is 31.1 Å². The van der Waals surface area contributed by atoms with Crippen molar-refractivity contribution in [2.75, 3.05) is 0 Å². The first kappa shape index (κ1) is 21.3. The molecule has 0 bridgehead atoms. The van der Waals surface area contributed by atoms with Crippen LogP contribution >= 0.6 is 0 Å². The Morgan fingerprint density at radius 1 is 1.07 bits per heavy atom. The maximum atomic E-state index is 12.3. The topological polar surface area (TPSA) is 67.9 Å². The summed E-state index contributed by atoms with van der Waals surface area (Å²) in [6, 6.07) is 16.9. The number of carbonyl (C=O) groups is 1. The van der Waals surface area contributed by atoms with Crippen molar-refractivity contribution < 1.29 is 9.53 Å². The van der Waals surface area contributed by atoms with E-state index in [4.69, 9.17) is 10.00 Å². The standard InChI is InChI=1S/C25H27N3O2/c1-17(2)16-28-19(4)24(18(3)27-28)13-14-25(29)30-23-11-9-22(10-12-23)21-7-5-20(15-26)6-8-21/h5-12,17H,13-14,16H2,1-4H3. The summed E-state index contributed by atoms with van der Waals surface area (Å²) in [7, 11) is 0. The van der Waals surface area contributed by atoms with Crippen LogP contribution in [-0.2, 0) is 17.8 Å². The average Bonchev–Trinajstić information content (AvgIpc) is 2.99. The third kappa shape index (κ3) is 5.15. The van der Waals surface area contributed by atoms with Crippen LogP contribution in [0.25, 0.3) is 11.1 Å². The first-order valence-corrected chi connectivity index (χ1v) is 10.2. The Balaban J connectivity index is 1.59. The molecule has 1 heterocycles. The first-order chi connectivity index (χ1) is 14.4. The molecule has 5 heteroatoms. The van der Waals surface area contributed by atoms with Crippen molar-refractivity contribution in [3.63, 3.8) is 0 Å². The molecule has 0 saturated carbocycles. The molecule has 0 N–H and O–H groups in total. The molecule has 0 unspecified atom stereocenters. The van der Waals surface area contributed by atoms with Gasteiger partial charge in [0, 0.05) is 12.2 Å². The molecule has 154 valence electrons. The van der Waals surface area contributed by atoms with Gasteiger partial charge in [0.1, 0.15) is 5.75 Å². The summed E-state index contributed by atoms with van der Waals surface area (Å²) in [4.78, 5) is 12.3. The number of rotatable bonds is 7. The van der Waals surface area contributed by atoms with Gasteiger partial charge >= 0.3 is 5.97 Å². The number of nitriles is 1. The van der Waals surface area contributed by atoms with Crippen molar-refractivity contribution in [3.05, 3.63) is 71.0 Å². The van der Waals surface area contributed by atoms with Crippen LogP contribution in [0.2, 0.25) is 0 Å². The molecule has 2 aromatic carbocycles. The number of aryl methyl sites for hydroxylation is 1. The fourth-order valence-electron chi connectivity index (χ4n) is 3.48. The van der Waals surface area contributed by atoms with Crippen molar-refractivity contribution in [2.45, 2.75) is 47.1 Å². The van der Waals surface area contributed by atoms with E-state index in [1.807, 2.05) is 35.9 Å². The van der Waals surface area contributed by atoms with Gasteiger partial charge in [0.15, 0.2) is 0 Å². The van der Waals surface area contributed by atoms with Crippen LogP contribution < -0.4 is 4.74 Å². The first-order valence-electron chi connectivity index (χ1n) is 10.2. The summed E-state index contributed by atoms with van der Waals surface area (Å²) in [6.45, 7) is 9.26. The van der Waals surface area contributed by atoms with Crippen molar-refractivity contribution >= 4 is 5.97 Å². The van der Waals surface area contributed by atoms with Crippen molar-refractivity contribution in [1.29, 1.82) is 5.26 Å². The van der Waals surface area contributed by atoms with E-state index in [-0.39, 0.29) is 5.97 Å². The molecule has 1 aromatic heterocycles. The monoisotopic (exact) mass is 401 g/mol. The molecule has 3 rings (SSSR count). The molecule has 0 aliphatic rings. The molecule has 0 spiro atoms. The highest BCUT2D eigenvalue weighted by atomic mass is 16.5. The quantitative estimate of drug-likeness (QED) is 0.401. The van der Waals surface area contributed by atoms with Crippen molar-refractivity contribution in [1.82, 2.24) is 9.78 Å². The number of ether oxygens (including phenoxy) is 1. The van der Waals surface area contributed by atoms with Crippen LogP contribution in [-0.4, -0.2) is 15.7 Å². The summed E-state index contributed by atoms with van der Waals surface area (Å²) >= 11 is 0. The summed E-state index contributed by atoms with van der Waals surface area (Å²) < 4.78 is 7.54. The molecule has 0 atom stereocenters. The van der Waals surface area contributed by atoms with Gasteiger partial charge in [0.2, 0.25) is 0 Å². The highest BCUT2D eigenvalue weighted by Gasteiger charge is 2.14. The van der Waals surface area contributed by atoms with Crippen molar-refractivity contribution in [2.24, 2.45) is 5.92 Å². The molecule has 30 heavy (non-hydrogen) atoms. The highest BCUT2D eigenvalue weighted by Crippen LogP contribution is 2.23. The minimum Gasteiger partial charge on any atom is -0.427 e. The van der Waals surface area contributed by atoms with Crippen LogP contribution in [0.1, 0.15) is 42.8 Å². The second-order valence-electron chi connectivity index (χ2n) is 7.91. The number of benzene rings is 2. The van der Waals surface area contributed by atoms with Crippen LogP contribution in [0.3, 0.4) is 0 Å². The Kier molecular flexibility index (Phi) is 6.68. The van der Waals surface area contributed by atoms with Gasteiger partial charge in [0.25, 0.3) is 0 Å². The number of esters is 1. The smallest absolute Gasteiger partial charge is 0.311 e. The summed E-state index contributed by atoms with van der Waals surface area (Å²) in [5.41, 5.74) is 5.88. The maximum Gasteiger partial charge on any atom is 0.311 e. The predicted octanol–water partition coefficient (Wildman–Crippen LogP) is 5.23. The molecule has 0 fully saturated rings. The Bertz CT molecular complexity index is 1060. The Hall–Kier alpha value is -3.39. The minimum atomic E-state index is -0.253. The summed E-state index contributed by atoms with van der Waals surface area (Å²) in [5, 5.41) is 13.5. The average molecular weight is 402 g/mol. The zero-order valence-corrected chi connectivity index (χ0v) is 18.0. The van der Waals surface area contributed by atoms with Gasteiger partial charge in [0.05, 0.1) is 23.7 Å². The molecule has 0 radical (unpaired) electrons. The molecule has 0 aliphatic heterocycles. The fraction of sp³-hybridized carbons (Fsp3) is 0.320. The molecule has 3 aromatic rings. The lowest BCUT2D eigenvalue weighted by atomic mass is 10.0.